The number of unbranched alkanes of at least 4 members (excludes halogenated alkanes) is 13. The molecule has 1 saturated heterocycles. The maximum Gasteiger partial charge on any atom is 0.326 e. The van der Waals surface area contributed by atoms with Crippen LogP contribution in [-0.4, -0.2) is 178 Å². The topological polar surface area (TPSA) is 351 Å². The lowest BCUT2D eigenvalue weighted by Crippen LogP contribution is -2.44. The number of aromatic nitrogens is 5. The Morgan fingerprint density at radius 3 is 1.79 bits per heavy atom. The van der Waals surface area contributed by atoms with Gasteiger partial charge in [0.1, 0.15) is 53.8 Å². The third-order valence-electron chi connectivity index (χ3n) is 15.5. The molecule has 3 aromatic heterocycles. The molecule has 0 bridgehead atoms. The molecular weight excluding hydrogens is 1250 g/mol. The average molecular weight is 1350 g/mol. The van der Waals surface area contributed by atoms with Crippen molar-refractivity contribution in [3.8, 4) is 11.1 Å². The van der Waals surface area contributed by atoms with Gasteiger partial charge in [-0.05, 0) is 95.8 Å². The smallest absolute Gasteiger partial charge is 0.326 e. The first-order chi connectivity index (χ1) is 44.1. The minimum Gasteiger partial charge on any atom is -0.481 e. The van der Waals surface area contributed by atoms with E-state index in [1.807, 2.05) is 45.9 Å². The number of anilines is 1. The van der Waals surface area contributed by atoms with Crippen molar-refractivity contribution in [2.45, 2.75) is 182 Å². The highest BCUT2D eigenvalue weighted by molar-refractivity contribution is 9.10. The van der Waals surface area contributed by atoms with Gasteiger partial charge in [-0.3, -0.25) is 43.0 Å². The van der Waals surface area contributed by atoms with E-state index >= 15 is 0 Å². The van der Waals surface area contributed by atoms with E-state index in [0.717, 1.165) is 56.1 Å². The van der Waals surface area contributed by atoms with Gasteiger partial charge in [0, 0.05) is 69.2 Å². The van der Waals surface area contributed by atoms with Crippen molar-refractivity contribution in [2.24, 2.45) is 5.41 Å². The molecule has 1 aliphatic rings. The van der Waals surface area contributed by atoms with Crippen molar-refractivity contribution < 1.29 is 72.3 Å². The predicted molar refractivity (Wildman–Crippen MR) is 346 cm³/mol. The van der Waals surface area contributed by atoms with Crippen molar-refractivity contribution >= 4 is 85.8 Å². The van der Waals surface area contributed by atoms with Crippen LogP contribution in [0.25, 0.3) is 22.0 Å². The van der Waals surface area contributed by atoms with Crippen LogP contribution in [0.1, 0.15) is 170 Å². The maximum absolute atomic E-state index is 14.1. The van der Waals surface area contributed by atoms with Crippen molar-refractivity contribution in [2.75, 3.05) is 77.8 Å². The third-order valence-corrected chi connectivity index (χ3v) is 15.9. The number of aryl methyl sites for hydroxylation is 2. The predicted octanol–water partition coefficient (Wildman–Crippen LogP) is 7.33. The van der Waals surface area contributed by atoms with Crippen LogP contribution in [0, 0.1) is 19.3 Å². The fraction of sp³-hybridized carbons (Fsp3) is 0.615. The van der Waals surface area contributed by atoms with E-state index in [1.165, 1.54) is 50.1 Å². The number of fused-ring (bicyclic) bond motifs is 1. The number of carbonyl (C=O) groups excluding carboxylic acids is 7. The number of ether oxygens (including phenoxy) is 4. The van der Waals surface area contributed by atoms with Crippen molar-refractivity contribution in [1.29, 1.82) is 0 Å². The normalized spacial score (nSPS) is 13.8. The highest BCUT2D eigenvalue weighted by Crippen LogP contribution is 2.36. The third kappa shape index (κ3) is 27.9. The molecule has 6 amide bonds. The number of hydrogen-bond acceptors (Lipinski definition) is 17. The minimum atomic E-state index is -1.20. The van der Waals surface area contributed by atoms with Gasteiger partial charge in [0.15, 0.2) is 5.78 Å². The SMILES string of the molecule is CC(=O)c1nn(CC(=O)N2CC(C)(C)C[C@H]2C(=O)Nc2nc(Br)ccc2C)c2c(C)cc(-c3cnc(CNC(=O)COCCOCCNC(=O)COCCOCCNC(=O)CC[C@H](NC(=O)CCCCCCCCCCCCCCCCC(=O)O)C(=O)O)nc3)cc12. The summed E-state index contributed by atoms with van der Waals surface area (Å²) in [7, 11) is 0. The van der Waals surface area contributed by atoms with E-state index in [2.05, 4.69) is 62.6 Å². The lowest BCUT2D eigenvalue weighted by molar-refractivity contribution is -0.142. The fourth-order valence-electron chi connectivity index (χ4n) is 10.6. The van der Waals surface area contributed by atoms with Crippen LogP contribution in [-0.2, 0) is 70.4 Å². The molecule has 7 N–H and O–H groups in total. The number of Topliss-reactive ketones (excluding diaryl/α,β-unsaturated/α-hetero) is 1. The molecule has 0 radical (unpaired) electrons. The monoisotopic (exact) mass is 1350 g/mol. The quantitative estimate of drug-likeness (QED) is 0.0129. The van der Waals surface area contributed by atoms with Crippen LogP contribution in [0.4, 0.5) is 5.82 Å². The van der Waals surface area contributed by atoms with Crippen molar-refractivity contribution in [1.82, 2.24) is 50.9 Å². The van der Waals surface area contributed by atoms with Gasteiger partial charge >= 0.3 is 11.9 Å². The molecule has 4 heterocycles. The first-order valence-corrected chi connectivity index (χ1v) is 32.8. The number of carboxylic acids is 2. The maximum atomic E-state index is 14.1. The molecule has 0 spiro atoms. The molecular formula is C65H94BrN11O15. The molecule has 92 heavy (non-hydrogen) atoms. The Labute approximate surface area is 546 Å². The van der Waals surface area contributed by atoms with Crippen molar-refractivity contribution in [3.63, 3.8) is 0 Å². The van der Waals surface area contributed by atoms with Crippen LogP contribution in [0.5, 0.6) is 0 Å². The molecule has 506 valence electrons. The molecule has 5 rings (SSSR count). The summed E-state index contributed by atoms with van der Waals surface area (Å²) in [5.41, 5.74) is 3.37. The van der Waals surface area contributed by atoms with Crippen molar-refractivity contribution in [3.05, 3.63) is 63.9 Å². The standard InChI is InChI=1S/C65H94BrN11O15/c1-44-22-24-52(66)73-62(44)74-63(86)51-36-65(4,5)43-76(51)58(83)40-77-61-45(2)34-47(35-49(61)60(75-77)46(3)78)48-37-69-53(70-38-48)39-71-57(82)42-92-33-31-90-29-27-68-56(81)41-91-32-30-89-28-26-67-54(79)25-23-50(64(87)88)72-55(80)20-18-16-14-12-10-8-6-7-9-11-13-15-17-19-21-59(84)85/h22,24,34-35,37-38,50-51H,6-21,23,25-33,36,39-43H2,1-5H3,(H,67,79)(H,68,81)(H,71,82)(H,72,80)(H,84,85)(H,87,88)(H,73,74,86)/t50-,51-/m0/s1. The Morgan fingerprint density at radius 2 is 1.22 bits per heavy atom. The van der Waals surface area contributed by atoms with Crippen LogP contribution < -0.4 is 26.6 Å². The Balaban J connectivity index is 0.852. The van der Waals surface area contributed by atoms with Crippen LogP contribution in [0.3, 0.4) is 0 Å². The minimum absolute atomic E-state index is 0.0397. The molecule has 0 unspecified atom stereocenters. The van der Waals surface area contributed by atoms with Gasteiger partial charge in [-0.1, -0.05) is 97.0 Å². The Kier molecular flexibility index (Phi) is 33.3. The zero-order valence-electron chi connectivity index (χ0n) is 54.0. The Hall–Kier alpha value is -7.33. The Morgan fingerprint density at radius 1 is 0.663 bits per heavy atom. The lowest BCUT2D eigenvalue weighted by atomic mass is 9.90. The summed E-state index contributed by atoms with van der Waals surface area (Å²) in [4.78, 5) is 127. The highest BCUT2D eigenvalue weighted by atomic mass is 79.9. The number of carboxylic acid groups (broad SMARTS) is 2. The lowest BCUT2D eigenvalue weighted by Gasteiger charge is -2.24. The molecule has 2 atom stereocenters. The van der Waals surface area contributed by atoms with Crippen LogP contribution in [0.2, 0.25) is 0 Å². The average Bonchev–Trinajstić information content (AvgIpc) is 1.61. The number of aliphatic carboxylic acids is 2. The first-order valence-electron chi connectivity index (χ1n) is 32.0. The number of amides is 6. The molecule has 27 heteroatoms. The summed E-state index contributed by atoms with van der Waals surface area (Å²) in [5, 5.41) is 36.9. The number of benzene rings is 1. The number of pyridine rings is 1. The van der Waals surface area contributed by atoms with Gasteiger partial charge in [-0.15, -0.1) is 0 Å². The largest absolute Gasteiger partial charge is 0.481 e. The number of halogens is 1. The molecule has 1 aromatic carbocycles. The van der Waals surface area contributed by atoms with E-state index in [9.17, 15) is 48.3 Å². The van der Waals surface area contributed by atoms with E-state index in [1.54, 1.807) is 23.4 Å². The number of likely N-dealkylation sites (tertiary alicyclic amines) is 1. The second kappa shape index (κ2) is 40.6. The first kappa shape index (κ1) is 75.4. The van der Waals surface area contributed by atoms with E-state index in [-0.39, 0.29) is 151 Å². The summed E-state index contributed by atoms with van der Waals surface area (Å²) in [5.74, 6) is -3.55. The summed E-state index contributed by atoms with van der Waals surface area (Å²) >= 11 is 3.36. The number of hydrogen-bond donors (Lipinski definition) is 7. The molecule has 0 saturated carbocycles. The summed E-state index contributed by atoms with van der Waals surface area (Å²) < 4.78 is 23.8. The fourth-order valence-corrected chi connectivity index (χ4v) is 10.9. The molecule has 1 aliphatic heterocycles. The second-order valence-electron chi connectivity index (χ2n) is 24.0. The summed E-state index contributed by atoms with van der Waals surface area (Å²) in [6.45, 7) is 10.3. The number of carbonyl (C=O) groups is 9. The van der Waals surface area contributed by atoms with E-state index in [0.29, 0.717) is 57.7 Å². The van der Waals surface area contributed by atoms with Gasteiger partial charge in [-0.2, -0.15) is 5.10 Å². The van der Waals surface area contributed by atoms with Gasteiger partial charge in [0.05, 0.1) is 51.7 Å². The highest BCUT2D eigenvalue weighted by Gasteiger charge is 2.44. The van der Waals surface area contributed by atoms with E-state index in [4.69, 9.17) is 24.1 Å². The zero-order valence-corrected chi connectivity index (χ0v) is 55.6. The molecule has 0 aliphatic carbocycles. The summed E-state index contributed by atoms with van der Waals surface area (Å²) in [6.07, 6.45) is 18.9. The van der Waals surface area contributed by atoms with Gasteiger partial charge in [0.2, 0.25) is 35.4 Å². The van der Waals surface area contributed by atoms with Gasteiger partial charge in [0.25, 0.3) is 0 Å². The zero-order chi connectivity index (χ0) is 66.8. The number of nitrogens with zero attached hydrogens (tertiary/aromatic N) is 6. The van der Waals surface area contributed by atoms with Gasteiger partial charge < -0.3 is 60.6 Å². The van der Waals surface area contributed by atoms with E-state index < -0.39 is 29.9 Å². The number of ketones is 1. The second-order valence-corrected chi connectivity index (χ2v) is 24.8. The van der Waals surface area contributed by atoms with Crippen LogP contribution in [0.15, 0.2) is 41.3 Å². The van der Waals surface area contributed by atoms with Gasteiger partial charge in [-0.25, -0.2) is 19.7 Å². The van der Waals surface area contributed by atoms with Crippen LogP contribution >= 0.6 is 15.9 Å². The Bertz CT molecular complexity index is 3070. The molecule has 4 aromatic rings. The molecule has 1 fully saturated rings. The number of rotatable bonds is 46. The molecule has 26 nitrogen and oxygen atoms in total. The number of nitrogens with one attached hydrogen (secondary N) is 5. The summed E-state index contributed by atoms with van der Waals surface area (Å²) in [6, 6.07) is 5.43.